The molecule has 1 aromatic heterocycles. The van der Waals surface area contributed by atoms with Gasteiger partial charge in [0.05, 0.1) is 11.3 Å². The summed E-state index contributed by atoms with van der Waals surface area (Å²) in [6.07, 6.45) is 5.51. The SMILES string of the molecule is C=C/C=C\c1c(C)cccc1-n1c(-c2ccc(O)cc2O)n[nH]c1=S. The Morgan fingerprint density at radius 1 is 1.24 bits per heavy atom. The molecule has 0 atom stereocenters. The first-order valence-electron chi connectivity index (χ1n) is 7.62. The van der Waals surface area contributed by atoms with E-state index in [1.165, 1.54) is 12.1 Å². The van der Waals surface area contributed by atoms with Crippen molar-refractivity contribution in [2.24, 2.45) is 0 Å². The average Bonchev–Trinajstić information content (AvgIpc) is 2.95. The van der Waals surface area contributed by atoms with Crippen molar-refractivity contribution in [1.29, 1.82) is 0 Å². The van der Waals surface area contributed by atoms with Gasteiger partial charge in [-0.25, -0.2) is 0 Å². The Bertz CT molecular complexity index is 1030. The number of benzene rings is 2. The van der Waals surface area contributed by atoms with E-state index in [0.29, 0.717) is 16.2 Å². The van der Waals surface area contributed by atoms with E-state index < -0.39 is 0 Å². The molecule has 0 bridgehead atoms. The molecule has 0 spiro atoms. The van der Waals surface area contributed by atoms with Crippen molar-refractivity contribution in [2.45, 2.75) is 6.92 Å². The van der Waals surface area contributed by atoms with Crippen LogP contribution in [0.5, 0.6) is 11.5 Å². The fraction of sp³-hybridized carbons (Fsp3) is 0.0526. The van der Waals surface area contributed by atoms with E-state index in [9.17, 15) is 10.2 Å². The molecule has 1 heterocycles. The van der Waals surface area contributed by atoms with Crippen LogP contribution in [0.25, 0.3) is 23.2 Å². The van der Waals surface area contributed by atoms with Crippen LogP contribution in [0.3, 0.4) is 0 Å². The number of phenolic OH excluding ortho intramolecular Hbond substituents is 2. The molecule has 3 aromatic rings. The van der Waals surface area contributed by atoms with Crippen LogP contribution in [0.4, 0.5) is 0 Å². The van der Waals surface area contributed by atoms with E-state index in [1.54, 1.807) is 16.7 Å². The molecule has 0 saturated carbocycles. The Kier molecular flexibility index (Phi) is 4.54. The number of nitrogens with one attached hydrogen (secondary N) is 1. The number of aromatic hydroxyl groups is 2. The van der Waals surface area contributed by atoms with Crippen LogP contribution >= 0.6 is 12.2 Å². The second-order valence-electron chi connectivity index (χ2n) is 5.49. The summed E-state index contributed by atoms with van der Waals surface area (Å²) < 4.78 is 2.17. The topological polar surface area (TPSA) is 74.1 Å². The molecule has 25 heavy (non-hydrogen) atoms. The van der Waals surface area contributed by atoms with E-state index in [1.807, 2.05) is 37.3 Å². The van der Waals surface area contributed by atoms with E-state index in [2.05, 4.69) is 16.8 Å². The van der Waals surface area contributed by atoms with Crippen molar-refractivity contribution in [3.05, 3.63) is 71.0 Å². The number of allylic oxidation sites excluding steroid dienone is 2. The number of nitrogens with zero attached hydrogens (tertiary/aromatic N) is 2. The van der Waals surface area contributed by atoms with E-state index in [0.717, 1.165) is 16.8 Å². The molecule has 3 rings (SSSR count). The van der Waals surface area contributed by atoms with Crippen LogP contribution < -0.4 is 0 Å². The lowest BCUT2D eigenvalue weighted by atomic mass is 10.1. The quantitative estimate of drug-likeness (QED) is 0.477. The van der Waals surface area contributed by atoms with E-state index >= 15 is 0 Å². The van der Waals surface area contributed by atoms with Gasteiger partial charge in [-0.2, -0.15) is 5.10 Å². The van der Waals surface area contributed by atoms with Crippen LogP contribution in [-0.4, -0.2) is 25.0 Å². The minimum absolute atomic E-state index is 0.0212. The van der Waals surface area contributed by atoms with Gasteiger partial charge in [0, 0.05) is 11.6 Å². The molecular formula is C19H17N3O2S. The van der Waals surface area contributed by atoms with Gasteiger partial charge in [-0.05, 0) is 42.9 Å². The van der Waals surface area contributed by atoms with Crippen molar-refractivity contribution in [3.63, 3.8) is 0 Å². The van der Waals surface area contributed by atoms with Crippen molar-refractivity contribution in [1.82, 2.24) is 14.8 Å². The first-order valence-corrected chi connectivity index (χ1v) is 8.02. The number of aromatic amines is 1. The molecule has 0 saturated heterocycles. The lowest BCUT2D eigenvalue weighted by Gasteiger charge is -2.13. The van der Waals surface area contributed by atoms with E-state index in [-0.39, 0.29) is 11.5 Å². The maximum absolute atomic E-state index is 10.2. The Labute approximate surface area is 150 Å². The predicted molar refractivity (Wildman–Crippen MR) is 101 cm³/mol. The number of phenols is 2. The zero-order valence-electron chi connectivity index (χ0n) is 13.6. The fourth-order valence-electron chi connectivity index (χ4n) is 2.65. The molecule has 6 heteroatoms. The van der Waals surface area contributed by atoms with Gasteiger partial charge in [0.1, 0.15) is 11.5 Å². The first kappa shape index (κ1) is 16.7. The highest BCUT2D eigenvalue weighted by Crippen LogP contribution is 2.33. The lowest BCUT2D eigenvalue weighted by molar-refractivity contribution is 0.451. The molecule has 0 aliphatic carbocycles. The molecule has 0 aliphatic rings. The van der Waals surface area contributed by atoms with Gasteiger partial charge in [0.15, 0.2) is 10.6 Å². The predicted octanol–water partition coefficient (Wildman–Crippen LogP) is 4.52. The number of hydrogen-bond acceptors (Lipinski definition) is 4. The highest BCUT2D eigenvalue weighted by Gasteiger charge is 2.17. The third kappa shape index (κ3) is 3.12. The zero-order chi connectivity index (χ0) is 18.0. The molecule has 0 unspecified atom stereocenters. The fourth-order valence-corrected chi connectivity index (χ4v) is 2.88. The zero-order valence-corrected chi connectivity index (χ0v) is 14.4. The van der Waals surface area contributed by atoms with Gasteiger partial charge >= 0.3 is 0 Å². The second-order valence-corrected chi connectivity index (χ2v) is 5.88. The molecule has 5 nitrogen and oxygen atoms in total. The van der Waals surface area contributed by atoms with Gasteiger partial charge in [0.2, 0.25) is 0 Å². The van der Waals surface area contributed by atoms with Crippen molar-refractivity contribution in [3.8, 4) is 28.6 Å². The first-order chi connectivity index (χ1) is 12.0. The van der Waals surface area contributed by atoms with Crippen molar-refractivity contribution in [2.75, 3.05) is 0 Å². The van der Waals surface area contributed by atoms with Crippen LogP contribution in [-0.2, 0) is 0 Å². The van der Waals surface area contributed by atoms with Crippen LogP contribution in [0.1, 0.15) is 11.1 Å². The number of aromatic nitrogens is 3. The maximum atomic E-state index is 10.2. The lowest BCUT2D eigenvalue weighted by Crippen LogP contribution is -2.01. The van der Waals surface area contributed by atoms with E-state index in [4.69, 9.17) is 12.2 Å². The van der Waals surface area contributed by atoms with Gasteiger partial charge in [-0.15, -0.1) is 0 Å². The summed E-state index contributed by atoms with van der Waals surface area (Å²) in [6, 6.07) is 10.2. The van der Waals surface area contributed by atoms with Gasteiger partial charge in [0.25, 0.3) is 0 Å². The smallest absolute Gasteiger partial charge is 0.200 e. The van der Waals surface area contributed by atoms with Gasteiger partial charge in [-0.3, -0.25) is 9.67 Å². The number of hydrogen-bond donors (Lipinski definition) is 3. The highest BCUT2D eigenvalue weighted by molar-refractivity contribution is 7.71. The van der Waals surface area contributed by atoms with Gasteiger partial charge in [-0.1, -0.05) is 36.9 Å². The molecule has 0 fully saturated rings. The monoisotopic (exact) mass is 351 g/mol. The van der Waals surface area contributed by atoms with Gasteiger partial charge < -0.3 is 10.2 Å². The minimum Gasteiger partial charge on any atom is -0.508 e. The highest BCUT2D eigenvalue weighted by atomic mass is 32.1. The summed E-state index contributed by atoms with van der Waals surface area (Å²) >= 11 is 5.41. The molecule has 3 N–H and O–H groups in total. The molecule has 0 amide bonds. The Morgan fingerprint density at radius 3 is 2.76 bits per heavy atom. The molecule has 2 aromatic carbocycles. The Balaban J connectivity index is 2.29. The third-order valence-electron chi connectivity index (χ3n) is 3.84. The number of H-pyrrole nitrogens is 1. The third-order valence-corrected chi connectivity index (χ3v) is 4.11. The molecular weight excluding hydrogens is 334 g/mol. The summed E-state index contributed by atoms with van der Waals surface area (Å²) in [5.74, 6) is 0.361. The molecule has 0 aliphatic heterocycles. The number of rotatable bonds is 4. The Hall–Kier alpha value is -3.12. The summed E-state index contributed by atoms with van der Waals surface area (Å²) in [7, 11) is 0. The summed E-state index contributed by atoms with van der Waals surface area (Å²) in [4.78, 5) is 0. The van der Waals surface area contributed by atoms with Crippen molar-refractivity contribution < 1.29 is 10.2 Å². The summed E-state index contributed by atoms with van der Waals surface area (Å²) in [5, 5.41) is 26.8. The number of aryl methyl sites for hydroxylation is 1. The van der Waals surface area contributed by atoms with Crippen LogP contribution in [0.15, 0.2) is 55.1 Å². The summed E-state index contributed by atoms with van der Waals surface area (Å²) in [5.41, 5.74) is 3.34. The molecule has 126 valence electrons. The molecule has 0 radical (unpaired) electrons. The normalized spacial score (nSPS) is 11.1. The maximum Gasteiger partial charge on any atom is 0.200 e. The largest absolute Gasteiger partial charge is 0.508 e. The minimum atomic E-state index is -0.0777. The average molecular weight is 351 g/mol. The second kappa shape index (κ2) is 6.78. The standard InChI is InChI=1S/C19H17N3O2S/c1-3-4-7-14-12(2)6-5-8-16(14)22-18(20-21-19(22)25)15-10-9-13(23)11-17(15)24/h3-11,23-24H,1H2,2H3,(H,21,25)/b7-4-. The van der Waals surface area contributed by atoms with Crippen molar-refractivity contribution >= 4 is 18.3 Å². The Morgan fingerprint density at radius 2 is 2.04 bits per heavy atom. The summed E-state index contributed by atoms with van der Waals surface area (Å²) in [6.45, 7) is 5.72. The van der Waals surface area contributed by atoms with Crippen LogP contribution in [0.2, 0.25) is 0 Å². The van der Waals surface area contributed by atoms with Crippen LogP contribution in [0, 0.1) is 11.7 Å².